The summed E-state index contributed by atoms with van der Waals surface area (Å²) in [7, 11) is 0. The van der Waals surface area contributed by atoms with Crippen LogP contribution in [0.5, 0.6) is 0 Å². The largest absolute Gasteiger partial charge is 0.383 e. The van der Waals surface area contributed by atoms with Crippen molar-refractivity contribution in [3.8, 4) is 0 Å². The van der Waals surface area contributed by atoms with Crippen LogP contribution in [0.25, 0.3) is 10.9 Å². The van der Waals surface area contributed by atoms with Crippen molar-refractivity contribution in [3.05, 3.63) is 42.6 Å². The fraction of sp³-hybridized carbons (Fsp3) is 0. The molecule has 0 bridgehead atoms. The second kappa shape index (κ2) is 4.41. The van der Waals surface area contributed by atoms with Crippen LogP contribution in [-0.2, 0) is 0 Å². The number of fused-ring (bicyclic) bond motifs is 1. The molecule has 6 nitrogen and oxygen atoms in total. The number of benzene rings is 1. The lowest BCUT2D eigenvalue weighted by Crippen LogP contribution is -2.03. The fourth-order valence-corrected chi connectivity index (χ4v) is 1.90. The van der Waals surface area contributed by atoms with E-state index in [1.54, 1.807) is 12.3 Å². The maximum atomic E-state index is 5.64. The Morgan fingerprint density at radius 2 is 1.89 bits per heavy atom. The number of nitrogens with zero attached hydrogens (tertiary/aromatic N) is 3. The van der Waals surface area contributed by atoms with Gasteiger partial charge in [0.15, 0.2) is 0 Å². The lowest BCUT2D eigenvalue weighted by Gasteiger charge is -2.09. The van der Waals surface area contributed by atoms with Gasteiger partial charge >= 0.3 is 0 Å². The molecule has 0 atom stereocenters. The van der Waals surface area contributed by atoms with Crippen molar-refractivity contribution in [1.29, 1.82) is 0 Å². The molecule has 6 heteroatoms. The number of hydrogen-bond donors (Lipinski definition) is 3. The second-order valence-corrected chi connectivity index (χ2v) is 4.04. The second-order valence-electron chi connectivity index (χ2n) is 4.04. The summed E-state index contributed by atoms with van der Waals surface area (Å²) in [4.78, 5) is 12.2. The molecule has 0 amide bonds. The maximum Gasteiger partial charge on any atom is 0.223 e. The van der Waals surface area contributed by atoms with Gasteiger partial charge in [0.05, 0.1) is 5.52 Å². The van der Waals surface area contributed by atoms with Crippen LogP contribution < -0.4 is 16.8 Å². The van der Waals surface area contributed by atoms with Crippen molar-refractivity contribution in [2.24, 2.45) is 0 Å². The molecule has 3 rings (SSSR count). The Morgan fingerprint density at radius 3 is 2.74 bits per heavy atom. The summed E-state index contributed by atoms with van der Waals surface area (Å²) in [5.74, 6) is 1.02. The molecular formula is C13H12N6. The van der Waals surface area contributed by atoms with Crippen LogP contribution in [0.3, 0.4) is 0 Å². The highest BCUT2D eigenvalue weighted by Crippen LogP contribution is 2.24. The first-order valence-corrected chi connectivity index (χ1v) is 5.73. The first-order chi connectivity index (χ1) is 9.22. The molecule has 2 heterocycles. The van der Waals surface area contributed by atoms with Crippen LogP contribution >= 0.6 is 0 Å². The SMILES string of the molecule is Nc1cc(Nc2cccc3ncccc23)nc(N)n1. The zero-order chi connectivity index (χ0) is 13.2. The summed E-state index contributed by atoms with van der Waals surface area (Å²) < 4.78 is 0. The first kappa shape index (κ1) is 11.2. The third-order valence-corrected chi connectivity index (χ3v) is 2.67. The maximum absolute atomic E-state index is 5.64. The van der Waals surface area contributed by atoms with Gasteiger partial charge in [-0.05, 0) is 24.3 Å². The average Bonchev–Trinajstić information content (AvgIpc) is 2.38. The van der Waals surface area contributed by atoms with Crippen LogP contribution in [-0.4, -0.2) is 15.0 Å². The number of nitrogens with two attached hydrogens (primary N) is 2. The lowest BCUT2D eigenvalue weighted by atomic mass is 10.2. The van der Waals surface area contributed by atoms with E-state index in [2.05, 4.69) is 20.3 Å². The molecule has 0 aliphatic rings. The molecule has 1 aromatic carbocycles. The first-order valence-electron chi connectivity index (χ1n) is 5.73. The molecule has 94 valence electrons. The predicted molar refractivity (Wildman–Crippen MR) is 75.9 cm³/mol. The molecular weight excluding hydrogens is 240 g/mol. The predicted octanol–water partition coefficient (Wildman–Crippen LogP) is 1.93. The Bertz CT molecular complexity index is 715. The third-order valence-electron chi connectivity index (χ3n) is 2.67. The van der Waals surface area contributed by atoms with Gasteiger partial charge < -0.3 is 16.8 Å². The zero-order valence-electron chi connectivity index (χ0n) is 10.0. The molecule has 0 spiro atoms. The third kappa shape index (κ3) is 2.23. The summed E-state index contributed by atoms with van der Waals surface area (Å²) >= 11 is 0. The van der Waals surface area contributed by atoms with Crippen molar-refractivity contribution >= 4 is 34.2 Å². The monoisotopic (exact) mass is 252 g/mol. The normalized spacial score (nSPS) is 10.5. The van der Waals surface area contributed by atoms with Crippen molar-refractivity contribution in [2.75, 3.05) is 16.8 Å². The Labute approximate surface area is 109 Å². The van der Waals surface area contributed by atoms with Crippen molar-refractivity contribution < 1.29 is 0 Å². The van der Waals surface area contributed by atoms with Crippen LogP contribution in [0.4, 0.5) is 23.3 Å². The highest BCUT2D eigenvalue weighted by atomic mass is 15.1. The van der Waals surface area contributed by atoms with Gasteiger partial charge in [0.2, 0.25) is 5.95 Å². The fourth-order valence-electron chi connectivity index (χ4n) is 1.90. The van der Waals surface area contributed by atoms with Crippen LogP contribution in [0.2, 0.25) is 0 Å². The molecule has 0 unspecified atom stereocenters. The highest BCUT2D eigenvalue weighted by molar-refractivity contribution is 5.92. The minimum absolute atomic E-state index is 0.140. The van der Waals surface area contributed by atoms with E-state index < -0.39 is 0 Å². The Balaban J connectivity index is 2.05. The van der Waals surface area contributed by atoms with Gasteiger partial charge in [-0.1, -0.05) is 6.07 Å². The van der Waals surface area contributed by atoms with Gasteiger partial charge in [0.25, 0.3) is 0 Å². The van der Waals surface area contributed by atoms with E-state index in [4.69, 9.17) is 11.5 Å². The number of rotatable bonds is 2. The van der Waals surface area contributed by atoms with E-state index in [0.717, 1.165) is 16.6 Å². The standard InChI is InChI=1S/C13H12N6/c14-11-7-12(19-13(15)18-11)17-10-5-1-4-9-8(10)3-2-6-16-9/h1-7H,(H5,14,15,17,18,19). The van der Waals surface area contributed by atoms with E-state index in [1.807, 2.05) is 30.3 Å². The molecule has 0 aliphatic carbocycles. The average molecular weight is 252 g/mol. The van der Waals surface area contributed by atoms with Crippen molar-refractivity contribution in [2.45, 2.75) is 0 Å². The molecule has 0 fully saturated rings. The molecule has 3 aromatic rings. The van der Waals surface area contributed by atoms with Gasteiger partial charge in [0, 0.05) is 23.3 Å². The number of anilines is 4. The summed E-state index contributed by atoms with van der Waals surface area (Å²) in [6.45, 7) is 0. The minimum atomic E-state index is 0.140. The Morgan fingerprint density at radius 1 is 1.00 bits per heavy atom. The van der Waals surface area contributed by atoms with E-state index >= 15 is 0 Å². The van der Waals surface area contributed by atoms with Gasteiger partial charge in [-0.25, -0.2) is 0 Å². The molecule has 0 aliphatic heterocycles. The quantitative estimate of drug-likeness (QED) is 0.644. The molecule has 2 aromatic heterocycles. The van der Waals surface area contributed by atoms with Gasteiger partial charge in [0.1, 0.15) is 11.6 Å². The molecule has 19 heavy (non-hydrogen) atoms. The van der Waals surface area contributed by atoms with Gasteiger partial charge in [-0.2, -0.15) is 9.97 Å². The summed E-state index contributed by atoms with van der Waals surface area (Å²) in [5, 5.41) is 4.18. The smallest absolute Gasteiger partial charge is 0.223 e. The van der Waals surface area contributed by atoms with Crippen LogP contribution in [0.1, 0.15) is 0 Å². The Kier molecular flexibility index (Phi) is 2.60. The molecule has 0 saturated heterocycles. The topological polar surface area (TPSA) is 103 Å². The Hall–Kier alpha value is -2.89. The van der Waals surface area contributed by atoms with Crippen LogP contribution in [0, 0.1) is 0 Å². The number of pyridine rings is 1. The van der Waals surface area contributed by atoms with E-state index in [1.165, 1.54) is 0 Å². The lowest BCUT2D eigenvalue weighted by molar-refractivity contribution is 1.19. The van der Waals surface area contributed by atoms with E-state index in [-0.39, 0.29) is 5.95 Å². The number of hydrogen-bond acceptors (Lipinski definition) is 6. The summed E-state index contributed by atoms with van der Waals surface area (Å²) in [6, 6.07) is 11.3. The summed E-state index contributed by atoms with van der Waals surface area (Å²) in [6.07, 6.45) is 1.76. The number of nitrogen functional groups attached to an aromatic ring is 2. The molecule has 0 radical (unpaired) electrons. The van der Waals surface area contributed by atoms with Crippen molar-refractivity contribution in [3.63, 3.8) is 0 Å². The molecule has 5 N–H and O–H groups in total. The highest BCUT2D eigenvalue weighted by Gasteiger charge is 2.04. The van der Waals surface area contributed by atoms with Gasteiger partial charge in [-0.15, -0.1) is 0 Å². The van der Waals surface area contributed by atoms with E-state index in [0.29, 0.717) is 11.6 Å². The summed E-state index contributed by atoms with van der Waals surface area (Å²) in [5.41, 5.74) is 13.0. The van der Waals surface area contributed by atoms with Crippen LogP contribution in [0.15, 0.2) is 42.6 Å². The zero-order valence-corrected chi connectivity index (χ0v) is 10.0. The number of nitrogens with one attached hydrogen (secondary N) is 1. The number of aromatic nitrogens is 3. The van der Waals surface area contributed by atoms with Crippen molar-refractivity contribution in [1.82, 2.24) is 15.0 Å². The van der Waals surface area contributed by atoms with Gasteiger partial charge in [-0.3, -0.25) is 4.98 Å². The molecule has 0 saturated carbocycles. The van der Waals surface area contributed by atoms with E-state index in [9.17, 15) is 0 Å². The minimum Gasteiger partial charge on any atom is -0.383 e.